The zero-order chi connectivity index (χ0) is 25.9. The molecular formula is C27H47NO6S. The lowest BCUT2D eigenvalue weighted by molar-refractivity contribution is -0.276. The van der Waals surface area contributed by atoms with Crippen LogP contribution in [0.2, 0.25) is 0 Å². The van der Waals surface area contributed by atoms with Crippen molar-refractivity contribution in [1.82, 2.24) is 4.90 Å². The van der Waals surface area contributed by atoms with Crippen LogP contribution in [0.5, 0.6) is 0 Å². The topological polar surface area (TPSA) is 82.1 Å². The number of ether oxygens (including phenoxy) is 1. The Morgan fingerprint density at radius 3 is 2.57 bits per heavy atom. The molecule has 1 atom stereocenters. The molecule has 1 aliphatic rings. The molecule has 0 aromatic carbocycles. The number of allylic oxidation sites excluding steroid dienone is 1. The molecule has 0 aromatic rings. The molecule has 0 aromatic heterocycles. The number of carbonyl (C=O) groups is 3. The zero-order valence-corrected chi connectivity index (χ0v) is 23.2. The maximum Gasteiger partial charge on any atom is 0.342 e. The number of esters is 1. The Labute approximate surface area is 216 Å². The first-order valence-electron chi connectivity index (χ1n) is 13.4. The molecule has 1 fully saturated rings. The fraction of sp³-hybridized carbons (Fsp3) is 0.815. The van der Waals surface area contributed by atoms with Gasteiger partial charge < -0.3 is 9.64 Å². The van der Waals surface area contributed by atoms with Gasteiger partial charge in [-0.2, -0.15) is 16.6 Å². The van der Waals surface area contributed by atoms with Crippen LogP contribution in [0, 0.1) is 5.41 Å². The van der Waals surface area contributed by atoms with Gasteiger partial charge in [0.1, 0.15) is 13.2 Å². The van der Waals surface area contributed by atoms with Crippen molar-refractivity contribution in [1.29, 1.82) is 0 Å². The number of amides is 1. The average molecular weight is 514 g/mol. The Kier molecular flexibility index (Phi) is 16.8. The van der Waals surface area contributed by atoms with E-state index in [2.05, 4.69) is 19.1 Å². The van der Waals surface area contributed by atoms with Crippen LogP contribution in [-0.4, -0.2) is 60.1 Å². The average Bonchev–Trinajstić information content (AvgIpc) is 3.21. The van der Waals surface area contributed by atoms with Crippen molar-refractivity contribution >= 4 is 29.6 Å². The third-order valence-electron chi connectivity index (χ3n) is 6.71. The van der Waals surface area contributed by atoms with Crippen molar-refractivity contribution in [3.8, 4) is 0 Å². The van der Waals surface area contributed by atoms with Gasteiger partial charge in [0.15, 0.2) is 0 Å². The van der Waals surface area contributed by atoms with Crippen LogP contribution < -0.4 is 0 Å². The van der Waals surface area contributed by atoms with Crippen LogP contribution in [0.1, 0.15) is 98.3 Å². The van der Waals surface area contributed by atoms with Crippen molar-refractivity contribution < 1.29 is 28.9 Å². The van der Waals surface area contributed by atoms with E-state index in [0.29, 0.717) is 25.7 Å². The third-order valence-corrected chi connectivity index (χ3v) is 7.76. The van der Waals surface area contributed by atoms with Crippen LogP contribution in [0.25, 0.3) is 0 Å². The summed E-state index contributed by atoms with van der Waals surface area (Å²) in [5.41, 5.74) is -0.484. The Balaban J connectivity index is 2.08. The molecular weight excluding hydrogens is 466 g/mol. The number of nitrogens with zero attached hydrogens (tertiary/aromatic N) is 1. The van der Waals surface area contributed by atoms with E-state index in [4.69, 9.17) is 14.5 Å². The number of hydrogen-bond acceptors (Lipinski definition) is 7. The van der Waals surface area contributed by atoms with Crippen LogP contribution in [0.15, 0.2) is 12.2 Å². The van der Waals surface area contributed by atoms with Gasteiger partial charge in [-0.25, -0.2) is 4.79 Å². The molecule has 1 saturated heterocycles. The molecule has 0 unspecified atom stereocenters. The summed E-state index contributed by atoms with van der Waals surface area (Å²) in [4.78, 5) is 47.7. The molecule has 0 aliphatic carbocycles. The molecule has 0 N–H and O–H groups in total. The fourth-order valence-electron chi connectivity index (χ4n) is 3.80. The first kappa shape index (κ1) is 31.5. The van der Waals surface area contributed by atoms with E-state index < -0.39 is 11.4 Å². The fourth-order valence-corrected chi connectivity index (χ4v) is 4.68. The maximum absolute atomic E-state index is 12.2. The standard InChI is InChI=1S/C27H47NO6S/c1-5-8-9-10-11-12-14-23-16-17-24(29)28(23)18-22-35-21-13-15-25(30)34-33-20-19-32-26(31)27(4,6-2)7-3/h12,14,23H,5-11,13,15-22H2,1-4H3/t23-/m0/s1. The summed E-state index contributed by atoms with van der Waals surface area (Å²) in [5.74, 6) is 1.24. The summed E-state index contributed by atoms with van der Waals surface area (Å²) in [6.07, 6.45) is 14.5. The van der Waals surface area contributed by atoms with Gasteiger partial charge in [-0.3, -0.25) is 14.5 Å². The van der Waals surface area contributed by atoms with Crippen molar-refractivity contribution in [2.24, 2.45) is 5.41 Å². The van der Waals surface area contributed by atoms with E-state index in [-0.39, 0.29) is 37.6 Å². The van der Waals surface area contributed by atoms with Gasteiger partial charge in [0.25, 0.3) is 0 Å². The quantitative estimate of drug-likeness (QED) is 0.0663. The Morgan fingerprint density at radius 1 is 1.09 bits per heavy atom. The first-order chi connectivity index (χ1) is 16.9. The second-order valence-electron chi connectivity index (χ2n) is 9.37. The lowest BCUT2D eigenvalue weighted by atomic mass is 9.85. The van der Waals surface area contributed by atoms with Crippen molar-refractivity contribution in [3.05, 3.63) is 12.2 Å². The monoisotopic (exact) mass is 513 g/mol. The molecule has 0 spiro atoms. The van der Waals surface area contributed by atoms with Gasteiger partial charge >= 0.3 is 11.9 Å². The summed E-state index contributed by atoms with van der Waals surface area (Å²) in [5, 5.41) is 0. The normalized spacial score (nSPS) is 16.3. The van der Waals surface area contributed by atoms with E-state index in [1.165, 1.54) is 25.7 Å². The highest BCUT2D eigenvalue weighted by molar-refractivity contribution is 7.99. The molecule has 1 aliphatic heterocycles. The molecule has 0 radical (unpaired) electrons. The highest BCUT2D eigenvalue weighted by atomic mass is 32.2. The second kappa shape index (κ2) is 18.7. The Morgan fingerprint density at radius 2 is 1.86 bits per heavy atom. The molecule has 1 rings (SSSR count). The van der Waals surface area contributed by atoms with Gasteiger partial charge in [0.05, 0.1) is 11.5 Å². The van der Waals surface area contributed by atoms with Crippen LogP contribution in [0.3, 0.4) is 0 Å². The van der Waals surface area contributed by atoms with Gasteiger partial charge in [-0.05, 0) is 51.2 Å². The third kappa shape index (κ3) is 12.8. The first-order valence-corrected chi connectivity index (χ1v) is 14.6. The summed E-state index contributed by atoms with van der Waals surface area (Å²) < 4.78 is 5.20. The zero-order valence-electron chi connectivity index (χ0n) is 22.4. The van der Waals surface area contributed by atoms with E-state index in [1.807, 2.05) is 25.7 Å². The molecule has 8 heteroatoms. The highest BCUT2D eigenvalue weighted by Crippen LogP contribution is 2.26. The summed E-state index contributed by atoms with van der Waals surface area (Å²) in [6.45, 7) is 8.83. The number of likely N-dealkylation sites (tertiary alicyclic amines) is 1. The van der Waals surface area contributed by atoms with Gasteiger partial charge in [-0.1, -0.05) is 52.2 Å². The summed E-state index contributed by atoms with van der Waals surface area (Å²) >= 11 is 1.74. The maximum atomic E-state index is 12.2. The minimum Gasteiger partial charge on any atom is -0.463 e. The van der Waals surface area contributed by atoms with Crippen LogP contribution >= 0.6 is 11.8 Å². The van der Waals surface area contributed by atoms with Crippen molar-refractivity contribution in [2.45, 2.75) is 104 Å². The van der Waals surface area contributed by atoms with Crippen molar-refractivity contribution in [2.75, 3.05) is 31.3 Å². The molecule has 202 valence electrons. The minimum absolute atomic E-state index is 0.0218. The number of unbranched alkanes of at least 4 members (excludes halogenated alkanes) is 4. The Bertz CT molecular complexity index is 650. The molecule has 1 heterocycles. The number of rotatable bonds is 20. The van der Waals surface area contributed by atoms with Crippen LogP contribution in [0.4, 0.5) is 0 Å². The lowest BCUT2D eigenvalue weighted by Crippen LogP contribution is -2.33. The SMILES string of the molecule is CCCCCCC=C[C@H]1CCC(=O)N1CCSCCCC(=O)OOCCOC(=O)C(C)(CC)CC. The molecule has 35 heavy (non-hydrogen) atoms. The van der Waals surface area contributed by atoms with Gasteiger partial charge in [0.2, 0.25) is 5.91 Å². The summed E-state index contributed by atoms with van der Waals surface area (Å²) in [6, 6.07) is 0.235. The van der Waals surface area contributed by atoms with Crippen LogP contribution in [-0.2, 0) is 28.9 Å². The van der Waals surface area contributed by atoms with E-state index in [0.717, 1.165) is 30.9 Å². The number of thioether (sulfide) groups is 1. The van der Waals surface area contributed by atoms with E-state index in [1.54, 1.807) is 11.8 Å². The van der Waals surface area contributed by atoms with E-state index in [9.17, 15) is 14.4 Å². The second-order valence-corrected chi connectivity index (χ2v) is 10.6. The largest absolute Gasteiger partial charge is 0.463 e. The molecule has 0 saturated carbocycles. The van der Waals surface area contributed by atoms with E-state index >= 15 is 0 Å². The molecule has 0 bridgehead atoms. The summed E-state index contributed by atoms with van der Waals surface area (Å²) in [7, 11) is 0. The predicted octanol–water partition coefficient (Wildman–Crippen LogP) is 5.86. The smallest absolute Gasteiger partial charge is 0.342 e. The van der Waals surface area contributed by atoms with Crippen molar-refractivity contribution in [3.63, 3.8) is 0 Å². The lowest BCUT2D eigenvalue weighted by Gasteiger charge is -2.23. The molecule has 7 nitrogen and oxygen atoms in total. The number of carbonyl (C=O) groups excluding carboxylic acids is 3. The Hall–Kier alpha value is -1.54. The van der Waals surface area contributed by atoms with Gasteiger partial charge in [0, 0.05) is 25.1 Å². The highest BCUT2D eigenvalue weighted by Gasteiger charge is 2.31. The van der Waals surface area contributed by atoms with Gasteiger partial charge in [-0.15, -0.1) is 0 Å². The molecule has 1 amide bonds. The predicted molar refractivity (Wildman–Crippen MR) is 141 cm³/mol. The number of hydrogen-bond donors (Lipinski definition) is 0. The minimum atomic E-state index is -0.484.